The number of methoxy groups -OCH3 is 2. The van der Waals surface area contributed by atoms with E-state index in [1.165, 1.54) is 19.8 Å². The summed E-state index contributed by atoms with van der Waals surface area (Å²) in [4.78, 5) is 72.1. The minimum Gasteiger partial charge on any atom is -0.488 e. The van der Waals surface area contributed by atoms with E-state index in [1.54, 1.807) is 0 Å². The number of ether oxygens (including phenoxy) is 3. The third kappa shape index (κ3) is 7.15. The largest absolute Gasteiger partial charge is 0.488 e. The molecule has 4 aliphatic rings. The Balaban J connectivity index is 1.01. The van der Waals surface area contributed by atoms with Crippen LogP contribution in [0.25, 0.3) is 33.6 Å². The Kier molecular flexibility index (Phi) is 10.6. The standard InChI is InChI=1S/C43H52N8O7/c1-22(2)35(48-42(54)56-5)40(52)50-15-7-9-32(50)38-44-20-31(46-38)25-11-13-27-26(17-25)21-58-34-19-28-24(18-29(27)34)12-14-30-37(28)47-39(45-30)33-10-8-16-51(33)41(53)36(23(3)4)49-43(55)57-6/h11,13,17-20,22-23,32-33,35-36H,7-10,12,14-16,21H2,1-6H3,(H,44,46)(H,45,47)(H,48,54)(H,49,55)/t32-,33-,35-,36-/m0/s1. The molecular weight excluding hydrogens is 741 g/mol. The highest BCUT2D eigenvalue weighted by Gasteiger charge is 2.40. The number of alkyl carbamates (subject to hydrolysis) is 2. The lowest BCUT2D eigenvalue weighted by atomic mass is 9.86. The molecule has 2 fully saturated rings. The highest BCUT2D eigenvalue weighted by molar-refractivity contribution is 5.88. The highest BCUT2D eigenvalue weighted by Crippen LogP contribution is 2.45. The predicted molar refractivity (Wildman–Crippen MR) is 214 cm³/mol. The van der Waals surface area contributed by atoms with Crippen LogP contribution >= 0.6 is 0 Å². The molecule has 15 nitrogen and oxygen atoms in total. The molecule has 4 N–H and O–H groups in total. The maximum atomic E-state index is 13.8. The molecule has 1 aliphatic carbocycles. The van der Waals surface area contributed by atoms with Crippen LogP contribution in [0, 0.1) is 11.8 Å². The summed E-state index contributed by atoms with van der Waals surface area (Å²) in [5, 5.41) is 5.43. The van der Waals surface area contributed by atoms with Gasteiger partial charge in [-0.15, -0.1) is 0 Å². The number of aromatic nitrogens is 4. The van der Waals surface area contributed by atoms with E-state index < -0.39 is 24.3 Å². The van der Waals surface area contributed by atoms with E-state index >= 15 is 0 Å². The third-order valence-electron chi connectivity index (χ3n) is 12.1. The van der Waals surface area contributed by atoms with Crippen molar-refractivity contribution < 1.29 is 33.4 Å². The number of amides is 4. The molecule has 8 rings (SSSR count). The molecule has 4 atom stereocenters. The van der Waals surface area contributed by atoms with Crippen LogP contribution in [0.2, 0.25) is 0 Å². The van der Waals surface area contributed by atoms with Crippen LogP contribution in [-0.4, -0.2) is 93.1 Å². The van der Waals surface area contributed by atoms with Gasteiger partial charge in [0.2, 0.25) is 11.8 Å². The van der Waals surface area contributed by atoms with Gasteiger partial charge < -0.3 is 44.6 Å². The maximum absolute atomic E-state index is 13.8. The molecule has 0 unspecified atom stereocenters. The lowest BCUT2D eigenvalue weighted by Crippen LogP contribution is -2.51. The number of hydrogen-bond acceptors (Lipinski definition) is 9. The van der Waals surface area contributed by atoms with E-state index in [4.69, 9.17) is 24.2 Å². The van der Waals surface area contributed by atoms with Crippen molar-refractivity contribution in [2.75, 3.05) is 27.3 Å². The van der Waals surface area contributed by atoms with Gasteiger partial charge in [-0.3, -0.25) is 9.59 Å². The number of rotatable bonds is 9. The third-order valence-corrected chi connectivity index (χ3v) is 12.1. The molecule has 3 aliphatic heterocycles. The van der Waals surface area contributed by atoms with E-state index in [1.807, 2.05) is 43.7 Å². The Hall–Kier alpha value is -5.86. The minimum absolute atomic E-state index is 0.111. The molecule has 2 aromatic carbocycles. The van der Waals surface area contributed by atoms with Crippen LogP contribution < -0.4 is 15.4 Å². The predicted octanol–water partition coefficient (Wildman–Crippen LogP) is 6.21. The normalized spacial score (nSPS) is 19.1. The lowest BCUT2D eigenvalue weighted by molar-refractivity contribution is -0.136. The number of benzene rings is 2. The van der Waals surface area contributed by atoms with Gasteiger partial charge >= 0.3 is 12.2 Å². The van der Waals surface area contributed by atoms with Gasteiger partial charge in [-0.25, -0.2) is 19.6 Å². The fourth-order valence-corrected chi connectivity index (χ4v) is 8.97. The van der Waals surface area contributed by atoms with Crippen molar-refractivity contribution in [2.45, 2.75) is 97.0 Å². The lowest BCUT2D eigenvalue weighted by Gasteiger charge is -2.30. The van der Waals surface area contributed by atoms with E-state index in [2.05, 4.69) is 50.9 Å². The monoisotopic (exact) mass is 792 g/mol. The Morgan fingerprint density at radius 2 is 1.41 bits per heavy atom. The molecule has 0 spiro atoms. The molecule has 0 saturated carbocycles. The molecule has 306 valence electrons. The zero-order valence-electron chi connectivity index (χ0n) is 33.9. The number of H-pyrrole nitrogens is 2. The topological polar surface area (TPSA) is 184 Å². The summed E-state index contributed by atoms with van der Waals surface area (Å²) in [5.41, 5.74) is 9.24. The van der Waals surface area contributed by atoms with Crippen molar-refractivity contribution in [3.63, 3.8) is 0 Å². The fourth-order valence-electron chi connectivity index (χ4n) is 8.97. The SMILES string of the molecule is COC(=O)N[C@H](C(=O)N1CCC[C@H]1c1ncc(-c2ccc3c(c2)COc2cc4c(cc2-3)CCc2[nH]c([C@@H]3CCCN3C(=O)[C@@H](NC(=O)OC)C(C)C)nc2-4)[nH]1)C(C)C. The molecule has 0 bridgehead atoms. The first-order chi connectivity index (χ1) is 27.9. The van der Waals surface area contributed by atoms with Gasteiger partial charge in [0.25, 0.3) is 0 Å². The molecule has 0 radical (unpaired) electrons. The van der Waals surface area contributed by atoms with E-state index in [0.717, 1.165) is 101 Å². The molecule has 5 heterocycles. The van der Waals surface area contributed by atoms with Crippen LogP contribution in [0.1, 0.15) is 93.9 Å². The summed E-state index contributed by atoms with van der Waals surface area (Å²) in [6.45, 7) is 9.22. The number of aryl methyl sites for hydroxylation is 2. The van der Waals surface area contributed by atoms with Crippen molar-refractivity contribution in [1.82, 2.24) is 40.4 Å². The van der Waals surface area contributed by atoms with Gasteiger partial charge in [-0.05, 0) is 90.8 Å². The first-order valence-corrected chi connectivity index (χ1v) is 20.3. The zero-order valence-corrected chi connectivity index (χ0v) is 33.9. The van der Waals surface area contributed by atoms with Crippen molar-refractivity contribution in [2.24, 2.45) is 11.8 Å². The average molecular weight is 793 g/mol. The van der Waals surface area contributed by atoms with Gasteiger partial charge in [0, 0.05) is 29.9 Å². The van der Waals surface area contributed by atoms with E-state index in [0.29, 0.717) is 19.7 Å². The number of nitrogens with one attached hydrogen (secondary N) is 4. The van der Waals surface area contributed by atoms with Crippen molar-refractivity contribution in [3.8, 4) is 39.4 Å². The van der Waals surface area contributed by atoms with Crippen LogP contribution in [-0.2, 0) is 38.5 Å². The number of fused-ring (bicyclic) bond motifs is 6. The zero-order chi connectivity index (χ0) is 40.8. The summed E-state index contributed by atoms with van der Waals surface area (Å²) in [6.07, 6.45) is 5.45. The second kappa shape index (κ2) is 15.8. The summed E-state index contributed by atoms with van der Waals surface area (Å²) in [6, 6.07) is 8.88. The van der Waals surface area contributed by atoms with Crippen LogP contribution in [0.4, 0.5) is 9.59 Å². The molecule has 58 heavy (non-hydrogen) atoms. The number of aromatic amines is 2. The first kappa shape index (κ1) is 39.0. The van der Waals surface area contributed by atoms with E-state index in [9.17, 15) is 19.2 Å². The molecule has 15 heteroatoms. The number of likely N-dealkylation sites (tertiary alicyclic amines) is 2. The summed E-state index contributed by atoms with van der Waals surface area (Å²) in [5.74, 6) is 1.79. The number of nitrogens with zero attached hydrogens (tertiary/aromatic N) is 4. The van der Waals surface area contributed by atoms with Gasteiger partial charge in [0.1, 0.15) is 36.1 Å². The Morgan fingerprint density at radius 1 is 0.776 bits per heavy atom. The second-order valence-corrected chi connectivity index (χ2v) is 16.4. The minimum atomic E-state index is -0.697. The van der Waals surface area contributed by atoms with Crippen LogP contribution in [0.15, 0.2) is 36.5 Å². The maximum Gasteiger partial charge on any atom is 0.407 e. The number of hydrogen-bond donors (Lipinski definition) is 4. The van der Waals surface area contributed by atoms with Crippen molar-refractivity contribution >= 4 is 24.0 Å². The molecule has 4 aromatic rings. The van der Waals surface area contributed by atoms with Gasteiger partial charge in [0.05, 0.1) is 43.9 Å². The van der Waals surface area contributed by atoms with Gasteiger partial charge in [-0.1, -0.05) is 39.8 Å². The molecular formula is C43H52N8O7. The fraction of sp³-hybridized carbons (Fsp3) is 0.488. The first-order valence-electron chi connectivity index (χ1n) is 20.3. The Labute approximate surface area is 337 Å². The highest BCUT2D eigenvalue weighted by atomic mass is 16.5. The Bertz CT molecular complexity index is 2240. The Morgan fingerprint density at radius 3 is 2.03 bits per heavy atom. The average Bonchev–Trinajstić information content (AvgIpc) is 4.06. The number of carbonyl (C=O) groups excluding carboxylic acids is 4. The summed E-state index contributed by atoms with van der Waals surface area (Å²) >= 11 is 0. The molecule has 2 saturated heterocycles. The van der Waals surface area contributed by atoms with E-state index in [-0.39, 0.29) is 35.7 Å². The van der Waals surface area contributed by atoms with Crippen molar-refractivity contribution in [1.29, 1.82) is 0 Å². The smallest absolute Gasteiger partial charge is 0.407 e. The number of carbonyl (C=O) groups is 4. The van der Waals surface area contributed by atoms with Crippen molar-refractivity contribution in [3.05, 3.63) is 65.0 Å². The van der Waals surface area contributed by atoms with Gasteiger partial charge in [-0.2, -0.15) is 0 Å². The number of imidazole rings is 2. The summed E-state index contributed by atoms with van der Waals surface area (Å²) in [7, 11) is 2.59. The molecule has 2 aromatic heterocycles. The second-order valence-electron chi connectivity index (χ2n) is 16.4. The molecule has 4 amide bonds. The quantitative estimate of drug-likeness (QED) is 0.153. The van der Waals surface area contributed by atoms with Crippen LogP contribution in [0.3, 0.4) is 0 Å². The van der Waals surface area contributed by atoms with Gasteiger partial charge in [0.15, 0.2) is 0 Å². The van der Waals surface area contributed by atoms with Crippen LogP contribution in [0.5, 0.6) is 5.75 Å². The summed E-state index contributed by atoms with van der Waals surface area (Å²) < 4.78 is 16.0.